The Labute approximate surface area is 211 Å². The lowest BCUT2D eigenvalue weighted by atomic mass is 10.1. The Kier molecular flexibility index (Phi) is 9.43. The number of hydrogen-bond donors (Lipinski definition) is 1. The Morgan fingerprint density at radius 3 is 2.17 bits per heavy atom. The molecule has 0 radical (unpaired) electrons. The van der Waals surface area contributed by atoms with E-state index in [0.29, 0.717) is 27.0 Å². The smallest absolute Gasteiger partial charge is 0.357 e. The second-order valence-corrected chi connectivity index (χ2v) is 10.4. The molecule has 2 rings (SSSR count). The van der Waals surface area contributed by atoms with Crippen LogP contribution in [-0.2, 0) is 32.3 Å². The maximum Gasteiger partial charge on any atom is 0.416 e. The van der Waals surface area contributed by atoms with E-state index in [0.717, 1.165) is 12.3 Å². The molecule has 0 spiro atoms. The molecule has 0 aliphatic rings. The van der Waals surface area contributed by atoms with Crippen molar-refractivity contribution in [2.45, 2.75) is 32.1 Å². The van der Waals surface area contributed by atoms with Gasteiger partial charge in [0.15, 0.2) is 0 Å². The van der Waals surface area contributed by atoms with E-state index in [4.69, 9.17) is 23.2 Å². The number of hydrogen-bond acceptors (Lipinski definition) is 4. The molecule has 2 aromatic rings. The van der Waals surface area contributed by atoms with Crippen LogP contribution in [0.25, 0.3) is 0 Å². The van der Waals surface area contributed by atoms with Crippen molar-refractivity contribution in [1.29, 1.82) is 0 Å². The summed E-state index contributed by atoms with van der Waals surface area (Å²) >= 11 is 12.0. The average Bonchev–Trinajstić information content (AvgIpc) is 2.77. The number of nitrogens with one attached hydrogen (secondary N) is 1. The fraction of sp³-hybridized carbons (Fsp3) is 0.364. The van der Waals surface area contributed by atoms with Crippen LogP contribution in [0.5, 0.6) is 0 Å². The molecule has 13 heteroatoms. The van der Waals surface area contributed by atoms with Gasteiger partial charge in [-0.05, 0) is 42.3 Å². The van der Waals surface area contributed by atoms with Crippen LogP contribution in [0.3, 0.4) is 0 Å². The van der Waals surface area contributed by atoms with Crippen molar-refractivity contribution in [2.75, 3.05) is 24.2 Å². The van der Waals surface area contributed by atoms with E-state index in [9.17, 15) is 31.2 Å². The van der Waals surface area contributed by atoms with Gasteiger partial charge in [-0.15, -0.1) is 0 Å². The molecule has 2 amide bonds. The minimum absolute atomic E-state index is 0.0736. The van der Waals surface area contributed by atoms with Crippen molar-refractivity contribution >= 4 is 50.7 Å². The van der Waals surface area contributed by atoms with Crippen LogP contribution in [0, 0.1) is 0 Å². The first kappa shape index (κ1) is 28.7. The zero-order chi connectivity index (χ0) is 26.6. The van der Waals surface area contributed by atoms with Crippen LogP contribution in [0.15, 0.2) is 42.5 Å². The monoisotopic (exact) mass is 553 g/mol. The number of sulfonamides is 1. The molecule has 0 saturated carbocycles. The fourth-order valence-electron chi connectivity index (χ4n) is 3.35. The zero-order valence-corrected chi connectivity index (χ0v) is 21.4. The van der Waals surface area contributed by atoms with Gasteiger partial charge in [-0.2, -0.15) is 13.2 Å². The number of alkyl halides is 3. The lowest BCUT2D eigenvalue weighted by Gasteiger charge is -2.33. The minimum atomic E-state index is -4.76. The second kappa shape index (κ2) is 11.5. The normalized spacial score (nSPS) is 12.7. The number of amides is 2. The van der Waals surface area contributed by atoms with Gasteiger partial charge in [0.1, 0.15) is 12.6 Å². The Morgan fingerprint density at radius 1 is 1.09 bits per heavy atom. The maximum absolute atomic E-state index is 13.4. The molecule has 0 heterocycles. The van der Waals surface area contributed by atoms with Gasteiger partial charge >= 0.3 is 6.18 Å². The third kappa shape index (κ3) is 7.49. The molecule has 35 heavy (non-hydrogen) atoms. The summed E-state index contributed by atoms with van der Waals surface area (Å²) in [5, 5.41) is 2.62. The molecular weight excluding hydrogens is 530 g/mol. The van der Waals surface area contributed by atoms with E-state index in [1.54, 1.807) is 31.2 Å². The van der Waals surface area contributed by atoms with E-state index < -0.39 is 51.9 Å². The predicted molar refractivity (Wildman–Crippen MR) is 129 cm³/mol. The molecule has 0 aliphatic heterocycles. The van der Waals surface area contributed by atoms with Crippen LogP contribution in [0.1, 0.15) is 24.5 Å². The number of likely N-dealkylation sites (N-methyl/N-ethyl adjacent to an activating group) is 1. The number of carbonyl (C=O) groups excluding carboxylic acids is 2. The van der Waals surface area contributed by atoms with Gasteiger partial charge in [-0.1, -0.05) is 42.3 Å². The Balaban J connectivity index is 2.52. The van der Waals surface area contributed by atoms with E-state index in [1.807, 2.05) is 0 Å². The van der Waals surface area contributed by atoms with E-state index >= 15 is 0 Å². The molecule has 0 aromatic heterocycles. The largest absolute Gasteiger partial charge is 0.416 e. The molecule has 0 aliphatic carbocycles. The molecule has 1 atom stereocenters. The van der Waals surface area contributed by atoms with Crippen LogP contribution >= 0.6 is 23.2 Å². The number of benzene rings is 2. The van der Waals surface area contributed by atoms with Gasteiger partial charge in [-0.3, -0.25) is 13.9 Å². The van der Waals surface area contributed by atoms with Gasteiger partial charge in [0, 0.05) is 18.6 Å². The van der Waals surface area contributed by atoms with Crippen LogP contribution in [0.2, 0.25) is 10.0 Å². The van der Waals surface area contributed by atoms with E-state index in [1.165, 1.54) is 11.9 Å². The summed E-state index contributed by atoms with van der Waals surface area (Å²) in [5.41, 5.74) is -1.03. The van der Waals surface area contributed by atoms with Crippen molar-refractivity contribution in [3.63, 3.8) is 0 Å². The van der Waals surface area contributed by atoms with E-state index in [2.05, 4.69) is 5.32 Å². The lowest BCUT2D eigenvalue weighted by molar-refractivity contribution is -0.140. The van der Waals surface area contributed by atoms with Crippen molar-refractivity contribution in [3.05, 3.63) is 63.6 Å². The molecule has 192 valence electrons. The topological polar surface area (TPSA) is 86.8 Å². The van der Waals surface area contributed by atoms with Crippen molar-refractivity contribution in [1.82, 2.24) is 10.2 Å². The van der Waals surface area contributed by atoms with Gasteiger partial charge in [0.25, 0.3) is 0 Å². The first-order chi connectivity index (χ1) is 16.2. The Bertz CT molecular complexity index is 1180. The van der Waals surface area contributed by atoms with Gasteiger partial charge in [0.2, 0.25) is 21.8 Å². The third-order valence-electron chi connectivity index (χ3n) is 5.12. The predicted octanol–water partition coefficient (Wildman–Crippen LogP) is 4.33. The SMILES string of the molecule is CCC(C(=O)NC)N(Cc1ccc(Cl)cc1)C(=O)CN(c1cc(C(F)(F)F)ccc1Cl)S(C)(=O)=O. The van der Waals surface area contributed by atoms with Gasteiger partial charge in [0.05, 0.1) is 22.5 Å². The third-order valence-corrected chi connectivity index (χ3v) is 6.82. The molecule has 1 unspecified atom stereocenters. The standard InChI is InChI=1S/C22H24Cl2F3N3O4S/c1-4-18(21(32)28-2)29(12-14-5-8-16(23)9-6-14)20(31)13-30(35(3,33)34)19-11-15(22(25,26)27)7-10-17(19)24/h5-11,18H,4,12-13H2,1-3H3,(H,28,32). The average molecular weight is 554 g/mol. The molecule has 2 aromatic carbocycles. The van der Waals surface area contributed by atoms with Crippen molar-refractivity contribution < 1.29 is 31.2 Å². The quantitative estimate of drug-likeness (QED) is 0.500. The van der Waals surface area contributed by atoms with Crippen LogP contribution in [0.4, 0.5) is 18.9 Å². The minimum Gasteiger partial charge on any atom is -0.357 e. The molecule has 0 bridgehead atoms. The number of halogens is 5. The zero-order valence-electron chi connectivity index (χ0n) is 19.1. The highest BCUT2D eigenvalue weighted by molar-refractivity contribution is 7.92. The Morgan fingerprint density at radius 2 is 1.69 bits per heavy atom. The van der Waals surface area contributed by atoms with E-state index in [-0.39, 0.29) is 18.0 Å². The summed E-state index contributed by atoms with van der Waals surface area (Å²) in [4.78, 5) is 27.1. The summed E-state index contributed by atoms with van der Waals surface area (Å²) in [6.07, 6.45) is -3.82. The van der Waals surface area contributed by atoms with Crippen molar-refractivity contribution in [3.8, 4) is 0 Å². The summed E-state index contributed by atoms with van der Waals surface area (Å²) in [5.74, 6) is -1.30. The number of rotatable bonds is 9. The summed E-state index contributed by atoms with van der Waals surface area (Å²) < 4.78 is 65.4. The summed E-state index contributed by atoms with van der Waals surface area (Å²) in [7, 11) is -2.86. The first-order valence-electron chi connectivity index (χ1n) is 10.3. The molecule has 7 nitrogen and oxygen atoms in total. The first-order valence-corrected chi connectivity index (χ1v) is 12.9. The molecule has 0 saturated heterocycles. The van der Waals surface area contributed by atoms with Gasteiger partial charge < -0.3 is 10.2 Å². The molecule has 0 fully saturated rings. The number of anilines is 1. The van der Waals surface area contributed by atoms with Crippen LogP contribution < -0.4 is 9.62 Å². The summed E-state index contributed by atoms with van der Waals surface area (Å²) in [6.45, 7) is 0.719. The van der Waals surface area contributed by atoms with Crippen molar-refractivity contribution in [2.24, 2.45) is 0 Å². The van der Waals surface area contributed by atoms with Gasteiger partial charge in [-0.25, -0.2) is 8.42 Å². The highest BCUT2D eigenvalue weighted by Crippen LogP contribution is 2.36. The molecular formula is C22H24Cl2F3N3O4S. The highest BCUT2D eigenvalue weighted by Gasteiger charge is 2.35. The lowest BCUT2D eigenvalue weighted by Crippen LogP contribution is -2.51. The summed E-state index contributed by atoms with van der Waals surface area (Å²) in [6, 6.07) is 7.66. The number of carbonyl (C=O) groups is 2. The molecule has 1 N–H and O–H groups in total. The maximum atomic E-state index is 13.4. The highest BCUT2D eigenvalue weighted by atomic mass is 35.5. The number of nitrogens with zero attached hydrogens (tertiary/aromatic N) is 2. The van der Waals surface area contributed by atoms with Crippen LogP contribution in [-0.4, -0.2) is 51.0 Å². The Hall–Kier alpha value is -2.50. The second-order valence-electron chi connectivity index (χ2n) is 7.62. The fourth-order valence-corrected chi connectivity index (χ4v) is 4.60.